The molecule has 1 aromatic rings. The molecule has 0 aliphatic carbocycles. The summed E-state index contributed by atoms with van der Waals surface area (Å²) >= 11 is 1.55. The smallest absolute Gasteiger partial charge is 0.191 e. The zero-order valence-electron chi connectivity index (χ0n) is 13.1. The van der Waals surface area contributed by atoms with E-state index in [0.29, 0.717) is 0 Å². The number of nitrogens with one attached hydrogen (secondary N) is 2. The molecule has 0 amide bonds. The fourth-order valence-electron chi connectivity index (χ4n) is 2.43. The molecule has 4 nitrogen and oxygen atoms in total. The minimum Gasteiger partial charge on any atom is -0.373 e. The lowest BCUT2D eigenvalue weighted by molar-refractivity contribution is 0.302. The fourth-order valence-corrected chi connectivity index (χ4v) is 2.80. The lowest BCUT2D eigenvalue weighted by Crippen LogP contribution is -2.35. The first-order valence-corrected chi connectivity index (χ1v) is 7.77. The summed E-state index contributed by atoms with van der Waals surface area (Å²) in [5.74, 6) is 1.71. The van der Waals surface area contributed by atoms with E-state index in [1.54, 1.807) is 11.8 Å². The van der Waals surface area contributed by atoms with E-state index < -0.39 is 0 Å². The molecular formula is C14H26N4S. The van der Waals surface area contributed by atoms with Gasteiger partial charge in [0.25, 0.3) is 0 Å². The monoisotopic (exact) mass is 282 g/mol. The minimum atomic E-state index is -0.00665. The van der Waals surface area contributed by atoms with Crippen molar-refractivity contribution in [3.8, 4) is 0 Å². The molecule has 0 saturated carbocycles. The molecule has 2 N–H and O–H groups in total. The van der Waals surface area contributed by atoms with Crippen molar-refractivity contribution in [2.45, 2.75) is 51.7 Å². The van der Waals surface area contributed by atoms with Crippen LogP contribution in [0.3, 0.4) is 0 Å². The van der Waals surface area contributed by atoms with Gasteiger partial charge in [-0.25, -0.2) is 9.97 Å². The second-order valence-corrected chi connectivity index (χ2v) is 7.39. The van der Waals surface area contributed by atoms with Gasteiger partial charge in [0.1, 0.15) is 11.6 Å². The predicted molar refractivity (Wildman–Crippen MR) is 85.1 cm³/mol. The van der Waals surface area contributed by atoms with E-state index >= 15 is 0 Å². The van der Waals surface area contributed by atoms with Gasteiger partial charge in [-0.15, -0.1) is 0 Å². The van der Waals surface area contributed by atoms with Crippen molar-refractivity contribution >= 4 is 23.4 Å². The van der Waals surface area contributed by atoms with Crippen LogP contribution in [0, 0.1) is 5.41 Å². The van der Waals surface area contributed by atoms with Crippen molar-refractivity contribution in [2.75, 3.05) is 23.9 Å². The third-order valence-corrected chi connectivity index (χ3v) is 3.13. The third-order valence-electron chi connectivity index (χ3n) is 2.58. The maximum Gasteiger partial charge on any atom is 0.191 e. The number of hydrogen-bond acceptors (Lipinski definition) is 5. The molecule has 0 spiro atoms. The SMILES string of the molecule is CNc1cc(NC(C)(C)CC(C)(C)C)nc(SC)n1. The molecule has 0 aliphatic rings. The molecule has 0 atom stereocenters. The first-order valence-electron chi connectivity index (χ1n) is 6.54. The average molecular weight is 282 g/mol. The summed E-state index contributed by atoms with van der Waals surface area (Å²) in [6.07, 6.45) is 3.05. The quantitative estimate of drug-likeness (QED) is 0.634. The lowest BCUT2D eigenvalue weighted by atomic mass is 9.82. The van der Waals surface area contributed by atoms with E-state index in [1.807, 2.05) is 19.4 Å². The van der Waals surface area contributed by atoms with E-state index in [2.05, 4.69) is 55.2 Å². The second kappa shape index (κ2) is 5.99. The molecule has 1 aromatic heterocycles. The number of thioether (sulfide) groups is 1. The fraction of sp³-hybridized carbons (Fsp3) is 0.714. The van der Waals surface area contributed by atoms with Crippen molar-refractivity contribution in [3.63, 3.8) is 0 Å². The van der Waals surface area contributed by atoms with Crippen molar-refractivity contribution in [2.24, 2.45) is 5.41 Å². The maximum absolute atomic E-state index is 4.52. The molecule has 0 bridgehead atoms. The molecule has 0 aliphatic heterocycles. The van der Waals surface area contributed by atoms with E-state index in [9.17, 15) is 0 Å². The topological polar surface area (TPSA) is 49.8 Å². The summed E-state index contributed by atoms with van der Waals surface area (Å²) in [7, 11) is 1.87. The van der Waals surface area contributed by atoms with Crippen LogP contribution in [0.1, 0.15) is 41.0 Å². The number of aromatic nitrogens is 2. The Kier molecular flexibility index (Phi) is 5.07. The van der Waals surface area contributed by atoms with Gasteiger partial charge in [-0.05, 0) is 31.9 Å². The Morgan fingerprint density at radius 2 is 1.68 bits per heavy atom. The number of nitrogens with zero attached hydrogens (tertiary/aromatic N) is 2. The Hall–Kier alpha value is -0.970. The highest BCUT2D eigenvalue weighted by Gasteiger charge is 2.25. The molecule has 1 heterocycles. The molecule has 19 heavy (non-hydrogen) atoms. The molecule has 5 heteroatoms. The molecule has 1 rings (SSSR count). The molecule has 108 valence electrons. The van der Waals surface area contributed by atoms with E-state index in [-0.39, 0.29) is 11.0 Å². The Balaban J connectivity index is 2.91. The molecule has 0 saturated heterocycles. The largest absolute Gasteiger partial charge is 0.373 e. The number of rotatable bonds is 5. The lowest BCUT2D eigenvalue weighted by Gasteiger charge is -2.33. The predicted octanol–water partition coefficient (Wildman–Crippen LogP) is 3.87. The van der Waals surface area contributed by atoms with Gasteiger partial charge in [0.05, 0.1) is 0 Å². The van der Waals surface area contributed by atoms with Crippen molar-refractivity contribution < 1.29 is 0 Å². The number of anilines is 2. The van der Waals surface area contributed by atoms with Crippen LogP contribution in [0.25, 0.3) is 0 Å². The summed E-state index contributed by atoms with van der Waals surface area (Å²) in [4.78, 5) is 8.89. The van der Waals surface area contributed by atoms with Gasteiger partial charge in [0.2, 0.25) is 0 Å². The van der Waals surface area contributed by atoms with Crippen LogP contribution in [0.15, 0.2) is 11.2 Å². The normalized spacial score (nSPS) is 12.4. The van der Waals surface area contributed by atoms with Crippen LogP contribution in [0.2, 0.25) is 0 Å². The summed E-state index contributed by atoms with van der Waals surface area (Å²) in [5, 5.41) is 7.37. The van der Waals surface area contributed by atoms with Crippen LogP contribution in [0.5, 0.6) is 0 Å². The summed E-state index contributed by atoms with van der Waals surface area (Å²) in [6.45, 7) is 11.2. The van der Waals surface area contributed by atoms with Crippen molar-refractivity contribution in [1.82, 2.24) is 9.97 Å². The zero-order valence-corrected chi connectivity index (χ0v) is 13.9. The highest BCUT2D eigenvalue weighted by Crippen LogP contribution is 2.30. The maximum atomic E-state index is 4.52. The summed E-state index contributed by atoms with van der Waals surface area (Å²) in [6, 6.07) is 1.95. The highest BCUT2D eigenvalue weighted by molar-refractivity contribution is 7.98. The van der Waals surface area contributed by atoms with Crippen LogP contribution in [0.4, 0.5) is 11.6 Å². The Morgan fingerprint density at radius 1 is 1.11 bits per heavy atom. The standard InChI is InChI=1S/C14H26N4S/c1-13(2,3)9-14(4,5)18-11-8-10(15-6)16-12(17-11)19-7/h8H,9H2,1-7H3,(H2,15,16,17,18). The molecule has 0 radical (unpaired) electrons. The molecular weight excluding hydrogens is 256 g/mol. The average Bonchev–Trinajstić information content (AvgIpc) is 2.24. The van der Waals surface area contributed by atoms with E-state index in [0.717, 1.165) is 23.2 Å². The first-order chi connectivity index (χ1) is 8.65. The third kappa shape index (κ3) is 5.68. The van der Waals surface area contributed by atoms with Crippen LogP contribution in [-0.4, -0.2) is 28.8 Å². The van der Waals surface area contributed by atoms with Crippen LogP contribution < -0.4 is 10.6 Å². The highest BCUT2D eigenvalue weighted by atomic mass is 32.2. The van der Waals surface area contributed by atoms with Crippen molar-refractivity contribution in [1.29, 1.82) is 0 Å². The van der Waals surface area contributed by atoms with Gasteiger partial charge in [0.15, 0.2) is 5.16 Å². The van der Waals surface area contributed by atoms with Gasteiger partial charge in [0, 0.05) is 18.7 Å². The first kappa shape index (κ1) is 16.1. The zero-order chi connectivity index (χ0) is 14.7. The van der Waals surface area contributed by atoms with Crippen LogP contribution >= 0.6 is 11.8 Å². The second-order valence-electron chi connectivity index (χ2n) is 6.62. The van der Waals surface area contributed by atoms with Gasteiger partial charge in [-0.2, -0.15) is 0 Å². The van der Waals surface area contributed by atoms with Crippen LogP contribution in [-0.2, 0) is 0 Å². The van der Waals surface area contributed by atoms with Gasteiger partial charge in [-0.3, -0.25) is 0 Å². The summed E-state index contributed by atoms with van der Waals surface area (Å²) < 4.78 is 0. The summed E-state index contributed by atoms with van der Waals surface area (Å²) in [5.41, 5.74) is 0.269. The Bertz CT molecular complexity index is 402. The number of hydrogen-bond donors (Lipinski definition) is 2. The Morgan fingerprint density at radius 3 is 2.16 bits per heavy atom. The minimum absolute atomic E-state index is 0.00665. The molecule has 0 fully saturated rings. The molecule has 0 unspecified atom stereocenters. The van der Waals surface area contributed by atoms with Crippen molar-refractivity contribution in [3.05, 3.63) is 6.07 Å². The van der Waals surface area contributed by atoms with Gasteiger partial charge in [-0.1, -0.05) is 32.5 Å². The molecule has 0 aromatic carbocycles. The van der Waals surface area contributed by atoms with E-state index in [1.165, 1.54) is 0 Å². The Labute approximate surface area is 121 Å². The van der Waals surface area contributed by atoms with Gasteiger partial charge < -0.3 is 10.6 Å². The van der Waals surface area contributed by atoms with E-state index in [4.69, 9.17) is 0 Å². The van der Waals surface area contributed by atoms with Gasteiger partial charge >= 0.3 is 0 Å².